The second-order valence-corrected chi connectivity index (χ2v) is 2.87. The summed E-state index contributed by atoms with van der Waals surface area (Å²) in [7, 11) is 1.36. The van der Waals surface area contributed by atoms with E-state index in [9.17, 15) is 9.50 Å². The van der Waals surface area contributed by atoms with Crippen molar-refractivity contribution in [3.05, 3.63) is 0 Å². The molecule has 2 N–H and O–H groups in total. The van der Waals surface area contributed by atoms with Crippen LogP contribution in [0.2, 0.25) is 0 Å². The lowest BCUT2D eigenvalue weighted by Gasteiger charge is -2.37. The van der Waals surface area contributed by atoms with E-state index in [-0.39, 0.29) is 0 Å². The summed E-state index contributed by atoms with van der Waals surface area (Å²) < 4.78 is 22.5. The molecule has 1 saturated heterocycles. The van der Waals surface area contributed by atoms with E-state index in [1.807, 2.05) is 0 Å². The number of aliphatic hydroxyl groups excluding tert-OH is 2. The zero-order valence-corrected chi connectivity index (χ0v) is 6.98. The van der Waals surface area contributed by atoms with Gasteiger partial charge in [0, 0.05) is 7.11 Å². The first kappa shape index (κ1) is 9.85. The standard InChI is InChI=1S/C7H13FO4/c1-3-6(11-2)5(9)4(8)7(10)12-3/h3-7,9-10H,1-2H3. The van der Waals surface area contributed by atoms with Crippen molar-refractivity contribution in [2.45, 2.75) is 37.7 Å². The summed E-state index contributed by atoms with van der Waals surface area (Å²) in [6.45, 7) is 1.60. The lowest BCUT2D eigenvalue weighted by molar-refractivity contribution is -0.265. The molecule has 1 fully saturated rings. The van der Waals surface area contributed by atoms with Crippen molar-refractivity contribution in [3.8, 4) is 0 Å². The molecule has 0 amide bonds. The number of alkyl halides is 1. The second-order valence-electron chi connectivity index (χ2n) is 2.87. The Labute approximate surface area is 69.9 Å². The summed E-state index contributed by atoms with van der Waals surface area (Å²) in [5.74, 6) is 0. The van der Waals surface area contributed by atoms with Gasteiger partial charge in [-0.3, -0.25) is 0 Å². The van der Waals surface area contributed by atoms with Gasteiger partial charge in [-0.25, -0.2) is 4.39 Å². The van der Waals surface area contributed by atoms with E-state index in [2.05, 4.69) is 0 Å². The van der Waals surface area contributed by atoms with Crippen LogP contribution in [0.4, 0.5) is 4.39 Å². The molecule has 5 heteroatoms. The number of hydrogen-bond acceptors (Lipinski definition) is 4. The van der Waals surface area contributed by atoms with Gasteiger partial charge < -0.3 is 19.7 Å². The largest absolute Gasteiger partial charge is 0.387 e. The predicted molar refractivity (Wildman–Crippen MR) is 38.3 cm³/mol. The maximum atomic E-state index is 12.9. The predicted octanol–water partition coefficient (Wildman–Crippen LogP) is -0.563. The Morgan fingerprint density at radius 1 is 1.42 bits per heavy atom. The Balaban J connectivity index is 2.65. The summed E-state index contributed by atoms with van der Waals surface area (Å²) in [5.41, 5.74) is 0. The third-order valence-electron chi connectivity index (χ3n) is 2.02. The van der Waals surface area contributed by atoms with E-state index in [0.29, 0.717) is 0 Å². The van der Waals surface area contributed by atoms with Crippen LogP contribution in [0.15, 0.2) is 0 Å². The van der Waals surface area contributed by atoms with E-state index < -0.39 is 30.8 Å². The SMILES string of the molecule is COC1C(C)OC(O)C(F)C1O. The Kier molecular flexibility index (Phi) is 3.00. The van der Waals surface area contributed by atoms with Crippen LogP contribution in [0.5, 0.6) is 0 Å². The molecule has 0 aromatic carbocycles. The van der Waals surface area contributed by atoms with Crippen molar-refractivity contribution in [3.63, 3.8) is 0 Å². The van der Waals surface area contributed by atoms with E-state index >= 15 is 0 Å². The fourth-order valence-electron chi connectivity index (χ4n) is 1.33. The van der Waals surface area contributed by atoms with Gasteiger partial charge in [-0.15, -0.1) is 0 Å². The van der Waals surface area contributed by atoms with Crippen LogP contribution in [0, 0.1) is 0 Å². The fraction of sp³-hybridized carbons (Fsp3) is 1.00. The molecular formula is C7H13FO4. The Hall–Kier alpha value is -0.230. The zero-order valence-electron chi connectivity index (χ0n) is 6.98. The molecular weight excluding hydrogens is 167 g/mol. The molecule has 1 aliphatic heterocycles. The van der Waals surface area contributed by atoms with Gasteiger partial charge in [0.2, 0.25) is 0 Å². The lowest BCUT2D eigenvalue weighted by Crippen LogP contribution is -2.55. The first-order valence-corrected chi connectivity index (χ1v) is 3.76. The Bertz CT molecular complexity index is 154. The molecule has 5 atom stereocenters. The maximum Gasteiger partial charge on any atom is 0.189 e. The lowest BCUT2D eigenvalue weighted by atomic mass is 10.0. The van der Waals surface area contributed by atoms with Crippen molar-refractivity contribution in [2.75, 3.05) is 7.11 Å². The summed E-state index contributed by atoms with van der Waals surface area (Å²) in [4.78, 5) is 0. The van der Waals surface area contributed by atoms with E-state index in [1.54, 1.807) is 6.92 Å². The van der Waals surface area contributed by atoms with Crippen molar-refractivity contribution in [2.24, 2.45) is 0 Å². The van der Waals surface area contributed by atoms with Gasteiger partial charge in [0.05, 0.1) is 6.10 Å². The average molecular weight is 180 g/mol. The first-order chi connectivity index (χ1) is 5.57. The number of halogens is 1. The molecule has 0 aliphatic carbocycles. The van der Waals surface area contributed by atoms with Crippen LogP contribution in [-0.4, -0.2) is 48.1 Å². The minimum absolute atomic E-state index is 0.507. The number of hydrogen-bond donors (Lipinski definition) is 2. The summed E-state index contributed by atoms with van der Waals surface area (Å²) in [6.07, 6.45) is -5.91. The number of methoxy groups -OCH3 is 1. The molecule has 0 aromatic rings. The van der Waals surface area contributed by atoms with Crippen molar-refractivity contribution in [1.29, 1.82) is 0 Å². The van der Waals surface area contributed by atoms with Gasteiger partial charge in [0.25, 0.3) is 0 Å². The van der Waals surface area contributed by atoms with Crippen LogP contribution in [0.25, 0.3) is 0 Å². The summed E-state index contributed by atoms with van der Waals surface area (Å²) in [6, 6.07) is 0. The summed E-state index contributed by atoms with van der Waals surface area (Å²) in [5, 5.41) is 18.2. The quantitative estimate of drug-likeness (QED) is 0.567. The normalized spacial score (nSPS) is 49.2. The molecule has 4 nitrogen and oxygen atoms in total. The highest BCUT2D eigenvalue weighted by Gasteiger charge is 2.43. The van der Waals surface area contributed by atoms with Gasteiger partial charge in [0.1, 0.15) is 12.2 Å². The molecule has 0 bridgehead atoms. The van der Waals surface area contributed by atoms with E-state index in [0.717, 1.165) is 0 Å². The highest BCUT2D eigenvalue weighted by Crippen LogP contribution is 2.23. The highest BCUT2D eigenvalue weighted by atomic mass is 19.1. The van der Waals surface area contributed by atoms with Gasteiger partial charge in [-0.2, -0.15) is 0 Å². The smallest absolute Gasteiger partial charge is 0.189 e. The highest BCUT2D eigenvalue weighted by molar-refractivity contribution is 4.87. The molecule has 0 saturated carbocycles. The van der Waals surface area contributed by atoms with E-state index in [4.69, 9.17) is 14.6 Å². The number of aliphatic hydroxyl groups is 2. The fourth-order valence-corrected chi connectivity index (χ4v) is 1.33. The number of ether oxygens (including phenoxy) is 2. The minimum atomic E-state index is -1.80. The van der Waals surface area contributed by atoms with Crippen LogP contribution in [0.1, 0.15) is 6.92 Å². The van der Waals surface area contributed by atoms with Crippen molar-refractivity contribution < 1.29 is 24.1 Å². The van der Waals surface area contributed by atoms with Gasteiger partial charge in [0.15, 0.2) is 12.5 Å². The minimum Gasteiger partial charge on any atom is -0.387 e. The van der Waals surface area contributed by atoms with Crippen molar-refractivity contribution >= 4 is 0 Å². The first-order valence-electron chi connectivity index (χ1n) is 3.76. The molecule has 0 aromatic heterocycles. The monoisotopic (exact) mass is 180 g/mol. The van der Waals surface area contributed by atoms with Crippen molar-refractivity contribution in [1.82, 2.24) is 0 Å². The molecule has 5 unspecified atom stereocenters. The molecule has 72 valence electrons. The zero-order chi connectivity index (χ0) is 9.30. The molecule has 0 spiro atoms. The van der Waals surface area contributed by atoms with Crippen LogP contribution < -0.4 is 0 Å². The Morgan fingerprint density at radius 2 is 2.00 bits per heavy atom. The third-order valence-corrected chi connectivity index (χ3v) is 2.02. The van der Waals surface area contributed by atoms with Gasteiger partial charge in [-0.05, 0) is 6.92 Å². The molecule has 1 rings (SSSR count). The summed E-state index contributed by atoms with van der Waals surface area (Å²) >= 11 is 0. The molecule has 12 heavy (non-hydrogen) atoms. The molecule has 0 radical (unpaired) electrons. The van der Waals surface area contributed by atoms with Crippen LogP contribution in [0.3, 0.4) is 0 Å². The maximum absolute atomic E-state index is 12.9. The van der Waals surface area contributed by atoms with Gasteiger partial charge in [-0.1, -0.05) is 0 Å². The second kappa shape index (κ2) is 3.66. The topological polar surface area (TPSA) is 58.9 Å². The molecule has 1 aliphatic rings. The average Bonchev–Trinajstić information content (AvgIpc) is 2.01. The third kappa shape index (κ3) is 1.59. The van der Waals surface area contributed by atoms with Crippen LogP contribution in [-0.2, 0) is 9.47 Å². The van der Waals surface area contributed by atoms with E-state index in [1.165, 1.54) is 7.11 Å². The number of rotatable bonds is 1. The van der Waals surface area contributed by atoms with Crippen LogP contribution >= 0.6 is 0 Å². The molecule has 1 heterocycles. The van der Waals surface area contributed by atoms with Gasteiger partial charge >= 0.3 is 0 Å². The Morgan fingerprint density at radius 3 is 2.50 bits per heavy atom.